The van der Waals surface area contributed by atoms with Gasteiger partial charge in [0.05, 0.1) is 21.3 Å². The van der Waals surface area contributed by atoms with E-state index in [1.807, 2.05) is 6.07 Å². The quantitative estimate of drug-likeness (QED) is 0.549. The lowest BCUT2D eigenvalue weighted by Gasteiger charge is -2.15. The SMILES string of the molecule is COc1cc(Nc2ccnc(Nc3cccc(C(C)=O)c3)n2)cc(OC)c1OC. The second kappa shape index (κ2) is 8.92. The topological polar surface area (TPSA) is 94.6 Å². The average molecular weight is 394 g/mol. The third kappa shape index (κ3) is 4.73. The van der Waals surface area contributed by atoms with Crippen LogP contribution in [0.4, 0.5) is 23.1 Å². The lowest BCUT2D eigenvalue weighted by atomic mass is 10.1. The predicted octanol–water partition coefficient (Wildman–Crippen LogP) is 4.19. The van der Waals surface area contributed by atoms with E-state index in [4.69, 9.17) is 14.2 Å². The third-order valence-corrected chi connectivity index (χ3v) is 4.12. The fourth-order valence-electron chi connectivity index (χ4n) is 2.73. The Morgan fingerprint density at radius 1 is 0.897 bits per heavy atom. The smallest absolute Gasteiger partial charge is 0.229 e. The minimum Gasteiger partial charge on any atom is -0.493 e. The Labute approximate surface area is 168 Å². The molecule has 1 aromatic heterocycles. The Bertz CT molecular complexity index is 998. The summed E-state index contributed by atoms with van der Waals surface area (Å²) in [5, 5.41) is 6.30. The van der Waals surface area contributed by atoms with Crippen molar-refractivity contribution in [3.63, 3.8) is 0 Å². The first kappa shape index (κ1) is 19.9. The Balaban J connectivity index is 1.83. The number of carbonyl (C=O) groups is 1. The Morgan fingerprint density at radius 2 is 1.62 bits per heavy atom. The predicted molar refractivity (Wildman–Crippen MR) is 111 cm³/mol. The van der Waals surface area contributed by atoms with Crippen molar-refractivity contribution in [1.29, 1.82) is 0 Å². The molecular formula is C21H22N4O4. The number of hydrogen-bond donors (Lipinski definition) is 2. The molecule has 0 amide bonds. The lowest BCUT2D eigenvalue weighted by Crippen LogP contribution is -2.02. The molecule has 0 saturated carbocycles. The molecule has 2 N–H and O–H groups in total. The van der Waals surface area contributed by atoms with Gasteiger partial charge in [-0.3, -0.25) is 4.79 Å². The van der Waals surface area contributed by atoms with Gasteiger partial charge in [-0.25, -0.2) is 4.98 Å². The monoisotopic (exact) mass is 394 g/mol. The standard InChI is InChI=1S/C21H22N4O4/c1-13(26)14-6-5-7-15(10-14)24-21-22-9-8-19(25-21)23-16-11-17(27-2)20(29-4)18(12-16)28-3/h5-12H,1-4H3,(H2,22,23,24,25). The summed E-state index contributed by atoms with van der Waals surface area (Å²) < 4.78 is 16.1. The van der Waals surface area contributed by atoms with Crippen LogP contribution in [0.1, 0.15) is 17.3 Å². The number of aromatic nitrogens is 2. The summed E-state index contributed by atoms with van der Waals surface area (Å²) in [6.07, 6.45) is 1.63. The molecule has 0 bridgehead atoms. The zero-order chi connectivity index (χ0) is 20.8. The number of rotatable bonds is 8. The zero-order valence-corrected chi connectivity index (χ0v) is 16.6. The van der Waals surface area contributed by atoms with Gasteiger partial charge in [-0.2, -0.15) is 4.98 Å². The van der Waals surface area contributed by atoms with Gasteiger partial charge in [0.25, 0.3) is 0 Å². The first-order chi connectivity index (χ1) is 14.0. The van der Waals surface area contributed by atoms with Gasteiger partial charge >= 0.3 is 0 Å². The second-order valence-electron chi connectivity index (χ2n) is 6.07. The van der Waals surface area contributed by atoms with Gasteiger partial charge < -0.3 is 24.8 Å². The van der Waals surface area contributed by atoms with Gasteiger partial charge in [-0.1, -0.05) is 12.1 Å². The van der Waals surface area contributed by atoms with Crippen molar-refractivity contribution in [3.8, 4) is 17.2 Å². The van der Waals surface area contributed by atoms with Crippen molar-refractivity contribution in [3.05, 3.63) is 54.2 Å². The number of hydrogen-bond acceptors (Lipinski definition) is 8. The van der Waals surface area contributed by atoms with Gasteiger partial charge in [0, 0.05) is 35.3 Å². The summed E-state index contributed by atoms with van der Waals surface area (Å²) in [6, 6.07) is 12.5. The van der Waals surface area contributed by atoms with Gasteiger partial charge in [-0.05, 0) is 25.1 Å². The van der Waals surface area contributed by atoms with Crippen LogP contribution >= 0.6 is 0 Å². The Hall–Kier alpha value is -3.81. The van der Waals surface area contributed by atoms with Crippen molar-refractivity contribution >= 4 is 28.9 Å². The molecule has 0 aliphatic heterocycles. The number of anilines is 4. The molecule has 0 aliphatic carbocycles. The van der Waals surface area contributed by atoms with Gasteiger partial charge in [-0.15, -0.1) is 0 Å². The molecule has 8 heteroatoms. The molecule has 0 saturated heterocycles. The number of ketones is 1. The summed E-state index contributed by atoms with van der Waals surface area (Å²) in [6.45, 7) is 1.53. The summed E-state index contributed by atoms with van der Waals surface area (Å²) in [4.78, 5) is 20.2. The van der Waals surface area contributed by atoms with Gasteiger partial charge in [0.15, 0.2) is 17.3 Å². The van der Waals surface area contributed by atoms with Crippen LogP contribution in [0, 0.1) is 0 Å². The van der Waals surface area contributed by atoms with E-state index >= 15 is 0 Å². The van der Waals surface area contributed by atoms with Gasteiger partial charge in [0.1, 0.15) is 5.82 Å². The Kier molecular flexibility index (Phi) is 6.13. The highest BCUT2D eigenvalue weighted by Gasteiger charge is 2.13. The molecule has 0 atom stereocenters. The normalized spacial score (nSPS) is 10.2. The molecule has 3 aromatic rings. The highest BCUT2D eigenvalue weighted by atomic mass is 16.5. The maximum absolute atomic E-state index is 11.6. The molecule has 2 aromatic carbocycles. The van der Waals surface area contributed by atoms with E-state index in [0.717, 1.165) is 5.69 Å². The first-order valence-electron chi connectivity index (χ1n) is 8.82. The highest BCUT2D eigenvalue weighted by Crippen LogP contribution is 2.40. The van der Waals surface area contributed by atoms with Crippen molar-refractivity contribution in [2.45, 2.75) is 6.92 Å². The minimum absolute atomic E-state index is 0.00705. The largest absolute Gasteiger partial charge is 0.493 e. The van der Waals surface area contributed by atoms with Crippen molar-refractivity contribution in [2.24, 2.45) is 0 Å². The zero-order valence-electron chi connectivity index (χ0n) is 16.6. The van der Waals surface area contributed by atoms with Crippen molar-refractivity contribution in [1.82, 2.24) is 9.97 Å². The molecule has 1 heterocycles. The van der Waals surface area contributed by atoms with Crippen molar-refractivity contribution in [2.75, 3.05) is 32.0 Å². The number of methoxy groups -OCH3 is 3. The molecule has 0 spiro atoms. The van der Waals surface area contributed by atoms with Crippen LogP contribution in [0.5, 0.6) is 17.2 Å². The van der Waals surface area contributed by atoms with E-state index in [-0.39, 0.29) is 5.78 Å². The molecule has 0 aliphatic rings. The number of benzene rings is 2. The Morgan fingerprint density at radius 3 is 2.24 bits per heavy atom. The number of carbonyl (C=O) groups excluding carboxylic acids is 1. The maximum atomic E-state index is 11.6. The fourth-order valence-corrected chi connectivity index (χ4v) is 2.73. The van der Waals surface area contributed by atoms with Crippen LogP contribution < -0.4 is 24.8 Å². The highest BCUT2D eigenvalue weighted by molar-refractivity contribution is 5.95. The molecular weight excluding hydrogens is 372 g/mol. The van der Waals surface area contributed by atoms with Crippen LogP contribution in [-0.2, 0) is 0 Å². The van der Waals surface area contributed by atoms with Gasteiger partial charge in [0.2, 0.25) is 11.7 Å². The van der Waals surface area contributed by atoms with Crippen LogP contribution in [0.2, 0.25) is 0 Å². The molecule has 0 radical (unpaired) electrons. The average Bonchev–Trinajstić information content (AvgIpc) is 2.73. The lowest BCUT2D eigenvalue weighted by molar-refractivity contribution is 0.101. The van der Waals surface area contributed by atoms with E-state index in [2.05, 4.69) is 20.6 Å². The summed E-state index contributed by atoms with van der Waals surface area (Å²) in [5.74, 6) is 2.52. The molecule has 29 heavy (non-hydrogen) atoms. The van der Waals surface area contributed by atoms with Crippen LogP contribution in [0.25, 0.3) is 0 Å². The van der Waals surface area contributed by atoms with E-state index < -0.39 is 0 Å². The number of nitrogens with zero attached hydrogens (tertiary/aromatic N) is 2. The number of Topliss-reactive ketones (excluding diaryl/α,β-unsaturated/α-hetero) is 1. The van der Waals surface area contributed by atoms with Crippen LogP contribution in [0.15, 0.2) is 48.7 Å². The van der Waals surface area contributed by atoms with Crippen molar-refractivity contribution < 1.29 is 19.0 Å². The van der Waals surface area contributed by atoms with E-state index in [1.165, 1.54) is 6.92 Å². The molecule has 8 nitrogen and oxygen atoms in total. The maximum Gasteiger partial charge on any atom is 0.229 e. The molecule has 3 rings (SSSR count). The number of ether oxygens (including phenoxy) is 3. The molecule has 0 fully saturated rings. The van der Waals surface area contributed by atoms with E-state index in [1.54, 1.807) is 63.9 Å². The summed E-state index contributed by atoms with van der Waals surface area (Å²) in [5.41, 5.74) is 2.05. The third-order valence-electron chi connectivity index (χ3n) is 4.12. The minimum atomic E-state index is -0.00705. The number of nitrogens with one attached hydrogen (secondary N) is 2. The molecule has 0 unspecified atom stereocenters. The molecule has 150 valence electrons. The summed E-state index contributed by atoms with van der Waals surface area (Å²) >= 11 is 0. The van der Waals surface area contributed by atoms with E-state index in [0.29, 0.717) is 40.3 Å². The van der Waals surface area contributed by atoms with Crippen LogP contribution in [-0.4, -0.2) is 37.1 Å². The van der Waals surface area contributed by atoms with E-state index in [9.17, 15) is 4.79 Å². The fraction of sp³-hybridized carbons (Fsp3) is 0.190. The summed E-state index contributed by atoms with van der Waals surface area (Å²) in [7, 11) is 4.67. The second-order valence-corrected chi connectivity index (χ2v) is 6.07. The first-order valence-corrected chi connectivity index (χ1v) is 8.82. The van der Waals surface area contributed by atoms with Crippen LogP contribution in [0.3, 0.4) is 0 Å².